The zero-order valence-corrected chi connectivity index (χ0v) is 20.4. The van der Waals surface area contributed by atoms with Crippen LogP contribution in [0.3, 0.4) is 0 Å². The molecule has 0 unspecified atom stereocenters. The van der Waals surface area contributed by atoms with Crippen molar-refractivity contribution in [2.75, 3.05) is 19.0 Å². The maximum atomic E-state index is 13.0. The topological polar surface area (TPSA) is 92.7 Å². The minimum Gasteiger partial charge on any atom is -0.495 e. The molecule has 1 aliphatic rings. The minimum absolute atomic E-state index is 0.127. The number of rotatable bonds is 6. The van der Waals surface area contributed by atoms with Crippen molar-refractivity contribution < 1.29 is 19.1 Å². The summed E-state index contributed by atoms with van der Waals surface area (Å²) in [5.41, 5.74) is 6.74. The van der Waals surface area contributed by atoms with Gasteiger partial charge in [0.05, 0.1) is 18.5 Å². The van der Waals surface area contributed by atoms with Gasteiger partial charge in [0.1, 0.15) is 18.0 Å². The van der Waals surface area contributed by atoms with Gasteiger partial charge >= 0.3 is 6.03 Å². The molecule has 2 aromatic carbocycles. The number of amides is 4. The summed E-state index contributed by atoms with van der Waals surface area (Å²) >= 11 is 0. The van der Waals surface area contributed by atoms with Crippen LogP contribution < -0.4 is 15.4 Å². The maximum Gasteiger partial charge on any atom is 0.329 e. The summed E-state index contributed by atoms with van der Waals surface area (Å²) in [6, 6.07) is 14.4. The number of anilines is 1. The first-order valence-electron chi connectivity index (χ1n) is 11.2. The lowest BCUT2D eigenvalue weighted by molar-refractivity contribution is -0.127. The van der Waals surface area contributed by atoms with E-state index in [0.29, 0.717) is 11.4 Å². The van der Waals surface area contributed by atoms with Crippen LogP contribution in [0.15, 0.2) is 54.2 Å². The highest BCUT2D eigenvalue weighted by Crippen LogP contribution is 2.28. The molecule has 0 bridgehead atoms. The predicted octanol–water partition coefficient (Wildman–Crippen LogP) is 4.25. The normalized spacial score (nSPS) is 14.4. The minimum atomic E-state index is -0.639. The van der Waals surface area contributed by atoms with Gasteiger partial charge in [0, 0.05) is 11.4 Å². The van der Waals surface area contributed by atoms with Crippen LogP contribution in [0, 0.1) is 27.7 Å². The van der Waals surface area contributed by atoms with Gasteiger partial charge in [-0.1, -0.05) is 30.3 Å². The largest absolute Gasteiger partial charge is 0.495 e. The number of hydrogen-bond acceptors (Lipinski definition) is 4. The molecule has 4 rings (SSSR count). The van der Waals surface area contributed by atoms with E-state index in [1.165, 1.54) is 7.11 Å². The second-order valence-electron chi connectivity index (χ2n) is 8.53. The van der Waals surface area contributed by atoms with Crippen LogP contribution in [0.25, 0.3) is 11.8 Å². The first-order chi connectivity index (χ1) is 16.7. The van der Waals surface area contributed by atoms with E-state index < -0.39 is 24.4 Å². The Balaban J connectivity index is 1.56. The molecular weight excluding hydrogens is 444 g/mol. The maximum absolute atomic E-state index is 13.0. The molecule has 0 radical (unpaired) electrons. The van der Waals surface area contributed by atoms with Crippen LogP contribution in [-0.4, -0.2) is 41.0 Å². The number of aryl methyl sites for hydroxylation is 3. The molecular formula is C27H28N4O4. The molecule has 2 N–H and O–H groups in total. The second kappa shape index (κ2) is 9.50. The Morgan fingerprint density at radius 1 is 1.03 bits per heavy atom. The van der Waals surface area contributed by atoms with Gasteiger partial charge in [0.25, 0.3) is 5.91 Å². The Hall–Kier alpha value is -4.33. The Bertz CT molecular complexity index is 1350. The number of ether oxygens (including phenoxy) is 1. The van der Waals surface area contributed by atoms with Crippen molar-refractivity contribution in [3.8, 4) is 11.4 Å². The van der Waals surface area contributed by atoms with Crippen molar-refractivity contribution in [1.82, 2.24) is 14.8 Å². The van der Waals surface area contributed by atoms with Crippen molar-refractivity contribution in [1.29, 1.82) is 0 Å². The zero-order valence-electron chi connectivity index (χ0n) is 20.4. The number of carbonyl (C=O) groups is 3. The van der Waals surface area contributed by atoms with E-state index >= 15 is 0 Å². The van der Waals surface area contributed by atoms with Gasteiger partial charge in [-0.25, -0.2) is 9.69 Å². The molecule has 8 heteroatoms. The highest BCUT2D eigenvalue weighted by molar-refractivity contribution is 6.16. The molecule has 8 nitrogen and oxygen atoms in total. The van der Waals surface area contributed by atoms with E-state index in [2.05, 4.69) is 41.2 Å². The van der Waals surface area contributed by atoms with Crippen LogP contribution in [-0.2, 0) is 9.59 Å². The van der Waals surface area contributed by atoms with Crippen LogP contribution in [0.4, 0.5) is 10.5 Å². The molecule has 0 atom stereocenters. The number of methoxy groups -OCH3 is 1. The molecule has 1 aromatic heterocycles. The molecule has 0 spiro atoms. The Kier molecular flexibility index (Phi) is 6.46. The third kappa shape index (κ3) is 4.55. The summed E-state index contributed by atoms with van der Waals surface area (Å²) in [5.74, 6) is -0.576. The van der Waals surface area contributed by atoms with Gasteiger partial charge in [-0.2, -0.15) is 0 Å². The lowest BCUT2D eigenvalue weighted by Gasteiger charge is -2.15. The Morgan fingerprint density at radius 3 is 2.40 bits per heavy atom. The summed E-state index contributed by atoms with van der Waals surface area (Å²) in [4.78, 5) is 38.9. The van der Waals surface area contributed by atoms with Crippen molar-refractivity contribution >= 4 is 29.6 Å². The number of imide groups is 1. The average Bonchev–Trinajstić information content (AvgIpc) is 3.24. The zero-order chi connectivity index (χ0) is 25.3. The molecule has 0 saturated carbocycles. The van der Waals surface area contributed by atoms with Gasteiger partial charge in [0.15, 0.2) is 0 Å². The number of aromatic nitrogens is 1. The predicted molar refractivity (Wildman–Crippen MR) is 135 cm³/mol. The molecule has 35 heavy (non-hydrogen) atoms. The van der Waals surface area contributed by atoms with Crippen molar-refractivity contribution in [2.45, 2.75) is 27.7 Å². The molecule has 1 aliphatic heterocycles. The van der Waals surface area contributed by atoms with Crippen LogP contribution >= 0.6 is 0 Å². The molecule has 1 saturated heterocycles. The summed E-state index contributed by atoms with van der Waals surface area (Å²) in [6.07, 6.45) is 1.66. The number of nitrogens with zero attached hydrogens (tertiary/aromatic N) is 2. The summed E-state index contributed by atoms with van der Waals surface area (Å²) in [5, 5.41) is 5.28. The van der Waals surface area contributed by atoms with E-state index in [4.69, 9.17) is 4.74 Å². The number of hydrogen-bond donors (Lipinski definition) is 2. The SMILES string of the molecule is COc1ccccc1NC(=O)CN1C(=O)N/C(=C/c2cc(C)n(-c3c(C)cccc3C)c2C)C1=O. The monoisotopic (exact) mass is 472 g/mol. The number of carbonyl (C=O) groups excluding carboxylic acids is 3. The van der Waals surface area contributed by atoms with Gasteiger partial charge in [0.2, 0.25) is 5.91 Å². The van der Waals surface area contributed by atoms with Crippen molar-refractivity contribution in [3.63, 3.8) is 0 Å². The van der Waals surface area contributed by atoms with E-state index in [1.54, 1.807) is 30.3 Å². The van der Waals surface area contributed by atoms with Gasteiger partial charge in [-0.05, 0) is 68.7 Å². The van der Waals surface area contributed by atoms with E-state index in [1.807, 2.05) is 26.0 Å². The van der Waals surface area contributed by atoms with Gasteiger partial charge in [-0.3, -0.25) is 9.59 Å². The van der Waals surface area contributed by atoms with Gasteiger partial charge < -0.3 is 19.9 Å². The summed E-state index contributed by atoms with van der Waals surface area (Å²) in [6.45, 7) is 7.69. The smallest absolute Gasteiger partial charge is 0.329 e. The van der Waals surface area contributed by atoms with Crippen molar-refractivity contribution in [2.24, 2.45) is 0 Å². The lowest BCUT2D eigenvalue weighted by atomic mass is 10.1. The van der Waals surface area contributed by atoms with Crippen LogP contribution in [0.1, 0.15) is 28.1 Å². The number of para-hydroxylation sites is 3. The lowest BCUT2D eigenvalue weighted by Crippen LogP contribution is -2.38. The van der Waals surface area contributed by atoms with E-state index in [-0.39, 0.29) is 5.70 Å². The van der Waals surface area contributed by atoms with Crippen molar-refractivity contribution in [3.05, 3.63) is 82.3 Å². The Morgan fingerprint density at radius 2 is 1.71 bits per heavy atom. The quantitative estimate of drug-likeness (QED) is 0.414. The molecule has 180 valence electrons. The molecule has 0 aliphatic carbocycles. The first-order valence-corrected chi connectivity index (χ1v) is 11.2. The number of urea groups is 1. The highest BCUT2D eigenvalue weighted by atomic mass is 16.5. The number of benzene rings is 2. The average molecular weight is 473 g/mol. The first kappa shape index (κ1) is 23.8. The fourth-order valence-corrected chi connectivity index (χ4v) is 4.39. The van der Waals surface area contributed by atoms with Gasteiger partial charge in [-0.15, -0.1) is 0 Å². The fourth-order valence-electron chi connectivity index (χ4n) is 4.39. The standard InChI is InChI=1S/C27H28N4O4/c1-16-9-8-10-17(2)25(16)31-18(3)13-20(19(31)4)14-22-26(33)30(27(34)29-22)15-24(32)28-21-11-6-7-12-23(21)35-5/h6-14H,15H2,1-5H3,(H,28,32)(H,29,34)/b22-14+. The third-order valence-electron chi connectivity index (χ3n) is 6.08. The molecule has 2 heterocycles. The van der Waals surface area contributed by atoms with Crippen LogP contribution in [0.2, 0.25) is 0 Å². The van der Waals surface area contributed by atoms with E-state index in [9.17, 15) is 14.4 Å². The van der Waals surface area contributed by atoms with Crippen LogP contribution in [0.5, 0.6) is 5.75 Å². The summed E-state index contributed by atoms with van der Waals surface area (Å²) in [7, 11) is 1.50. The number of nitrogens with one attached hydrogen (secondary N) is 2. The second-order valence-corrected chi connectivity index (χ2v) is 8.53. The fraction of sp³-hybridized carbons (Fsp3) is 0.222. The molecule has 3 aromatic rings. The molecule has 4 amide bonds. The van der Waals surface area contributed by atoms with E-state index in [0.717, 1.165) is 38.7 Å². The third-order valence-corrected chi connectivity index (χ3v) is 6.08. The highest BCUT2D eigenvalue weighted by Gasteiger charge is 2.35. The Labute approximate surface area is 204 Å². The molecule has 1 fully saturated rings. The summed E-state index contributed by atoms with van der Waals surface area (Å²) < 4.78 is 7.38.